The molecule has 3 aliphatic heterocycles. The molecule has 1 unspecified atom stereocenters. The Kier molecular flexibility index (Phi) is 5.11. The zero-order valence-electron chi connectivity index (χ0n) is 16.7. The Bertz CT molecular complexity index is 879. The number of likely N-dealkylation sites (N-methyl/N-ethyl adjacent to an activating group) is 1. The largest absolute Gasteiger partial charge is 0.370 e. The van der Waals surface area contributed by atoms with Crippen LogP contribution in [0.25, 0.3) is 10.6 Å². The molecule has 2 saturated heterocycles. The van der Waals surface area contributed by atoms with Crippen molar-refractivity contribution >= 4 is 17.2 Å². The minimum Gasteiger partial charge on any atom is -0.370 e. The van der Waals surface area contributed by atoms with Crippen LogP contribution in [0.5, 0.6) is 0 Å². The highest BCUT2D eigenvalue weighted by atomic mass is 32.1. The zero-order chi connectivity index (χ0) is 19.8. The molecule has 8 heteroatoms. The SMILES string of the molecule is CN1CCOC(C(=O)N2CCC3(CC2)OCCc2sc(-c4cnccn4)cc23)C1. The lowest BCUT2D eigenvalue weighted by molar-refractivity contribution is -0.156. The predicted molar refractivity (Wildman–Crippen MR) is 110 cm³/mol. The number of aromatic nitrogens is 2. The number of amides is 1. The normalized spacial score (nSPS) is 24.4. The van der Waals surface area contributed by atoms with Crippen molar-refractivity contribution < 1.29 is 14.3 Å². The molecule has 0 N–H and O–H groups in total. The first-order valence-electron chi connectivity index (χ1n) is 10.3. The molecule has 0 aliphatic carbocycles. The Morgan fingerprint density at radius 2 is 2.10 bits per heavy atom. The first-order valence-corrected chi connectivity index (χ1v) is 11.1. The summed E-state index contributed by atoms with van der Waals surface area (Å²) in [5.41, 5.74) is 1.91. The van der Waals surface area contributed by atoms with E-state index in [0.29, 0.717) is 26.2 Å². The number of fused-ring (bicyclic) bond motifs is 2. The van der Waals surface area contributed by atoms with Crippen molar-refractivity contribution in [1.82, 2.24) is 19.8 Å². The molecule has 0 aromatic carbocycles. The average Bonchev–Trinajstić information content (AvgIpc) is 3.21. The van der Waals surface area contributed by atoms with Crippen molar-refractivity contribution in [1.29, 1.82) is 0 Å². The van der Waals surface area contributed by atoms with Gasteiger partial charge in [-0.15, -0.1) is 11.3 Å². The summed E-state index contributed by atoms with van der Waals surface area (Å²) in [6, 6.07) is 2.24. The molecule has 0 bridgehead atoms. The van der Waals surface area contributed by atoms with Crippen LogP contribution in [-0.2, 0) is 26.3 Å². The maximum atomic E-state index is 12.9. The van der Waals surface area contributed by atoms with Gasteiger partial charge in [-0.3, -0.25) is 14.8 Å². The molecule has 2 aromatic rings. The van der Waals surface area contributed by atoms with Crippen molar-refractivity contribution in [3.8, 4) is 10.6 Å². The van der Waals surface area contributed by atoms with Gasteiger partial charge in [0, 0.05) is 49.9 Å². The molecular formula is C21H26N4O3S. The van der Waals surface area contributed by atoms with Crippen molar-refractivity contribution in [3.05, 3.63) is 35.1 Å². The first kappa shape index (κ1) is 19.1. The van der Waals surface area contributed by atoms with Gasteiger partial charge in [0.15, 0.2) is 0 Å². The van der Waals surface area contributed by atoms with Crippen molar-refractivity contribution in [3.63, 3.8) is 0 Å². The maximum Gasteiger partial charge on any atom is 0.253 e. The quantitative estimate of drug-likeness (QED) is 0.748. The molecule has 7 nitrogen and oxygen atoms in total. The number of nitrogens with zero attached hydrogens (tertiary/aromatic N) is 4. The van der Waals surface area contributed by atoms with Crippen LogP contribution in [0.2, 0.25) is 0 Å². The topological polar surface area (TPSA) is 67.8 Å². The maximum absolute atomic E-state index is 12.9. The van der Waals surface area contributed by atoms with Gasteiger partial charge in [0.25, 0.3) is 5.91 Å². The summed E-state index contributed by atoms with van der Waals surface area (Å²) in [6.07, 6.45) is 7.49. The smallest absolute Gasteiger partial charge is 0.253 e. The number of likely N-dealkylation sites (tertiary alicyclic amines) is 1. The van der Waals surface area contributed by atoms with Crippen molar-refractivity contribution in [2.75, 3.05) is 46.4 Å². The molecular weight excluding hydrogens is 388 g/mol. The van der Waals surface area contributed by atoms with Gasteiger partial charge in [0.1, 0.15) is 6.10 Å². The van der Waals surface area contributed by atoms with Gasteiger partial charge in [0.05, 0.1) is 35.6 Å². The fraction of sp³-hybridized carbons (Fsp3) is 0.571. The van der Waals surface area contributed by atoms with Gasteiger partial charge in [0.2, 0.25) is 0 Å². The summed E-state index contributed by atoms with van der Waals surface area (Å²) in [7, 11) is 2.04. The van der Waals surface area contributed by atoms with Gasteiger partial charge in [-0.2, -0.15) is 0 Å². The third-order valence-corrected chi connectivity index (χ3v) is 7.47. The van der Waals surface area contributed by atoms with E-state index in [2.05, 4.69) is 20.9 Å². The number of rotatable bonds is 2. The number of piperidine rings is 1. The van der Waals surface area contributed by atoms with Crippen LogP contribution in [-0.4, -0.2) is 78.2 Å². The molecule has 154 valence electrons. The molecule has 1 amide bonds. The molecule has 29 heavy (non-hydrogen) atoms. The minimum absolute atomic E-state index is 0.119. The van der Waals surface area contributed by atoms with Crippen LogP contribution in [0.1, 0.15) is 23.3 Å². The summed E-state index contributed by atoms with van der Waals surface area (Å²) < 4.78 is 12.1. The molecule has 2 aromatic heterocycles. The Labute approximate surface area is 174 Å². The summed E-state index contributed by atoms with van der Waals surface area (Å²) >= 11 is 1.80. The number of hydrogen-bond acceptors (Lipinski definition) is 7. The van der Waals surface area contributed by atoms with E-state index in [1.54, 1.807) is 23.7 Å². The van der Waals surface area contributed by atoms with Crippen LogP contribution < -0.4 is 0 Å². The standard InChI is InChI=1S/C21H26N4O3S/c1-24-9-11-27-17(14-24)20(26)25-7-3-21(4-8-25)15-12-19(16-13-22-5-6-23-16)29-18(15)2-10-28-21/h5-6,12-13,17H,2-4,7-11,14H2,1H3. The lowest BCUT2D eigenvalue weighted by Crippen LogP contribution is -2.54. The van der Waals surface area contributed by atoms with E-state index in [1.165, 1.54) is 10.4 Å². The highest BCUT2D eigenvalue weighted by Gasteiger charge is 2.44. The number of morpholine rings is 1. The van der Waals surface area contributed by atoms with E-state index >= 15 is 0 Å². The van der Waals surface area contributed by atoms with E-state index in [-0.39, 0.29) is 17.6 Å². The second-order valence-corrected chi connectivity index (χ2v) is 9.21. The monoisotopic (exact) mass is 414 g/mol. The van der Waals surface area contributed by atoms with Crippen LogP contribution in [0.3, 0.4) is 0 Å². The number of carbonyl (C=O) groups excluding carboxylic acids is 1. The van der Waals surface area contributed by atoms with E-state index in [0.717, 1.165) is 43.0 Å². The van der Waals surface area contributed by atoms with Gasteiger partial charge < -0.3 is 19.3 Å². The molecule has 5 heterocycles. The minimum atomic E-state index is -0.338. The first-order chi connectivity index (χ1) is 14.1. The fourth-order valence-corrected chi connectivity index (χ4v) is 5.79. The second-order valence-electron chi connectivity index (χ2n) is 8.08. The summed E-state index contributed by atoms with van der Waals surface area (Å²) in [5, 5.41) is 0. The lowest BCUT2D eigenvalue weighted by Gasteiger charge is -2.45. The summed E-state index contributed by atoms with van der Waals surface area (Å²) in [5.74, 6) is 0.119. The van der Waals surface area contributed by atoms with Crippen LogP contribution >= 0.6 is 11.3 Å². The highest BCUT2D eigenvalue weighted by molar-refractivity contribution is 7.15. The molecule has 0 radical (unpaired) electrons. The predicted octanol–water partition coefficient (Wildman–Crippen LogP) is 1.93. The Hall–Kier alpha value is -1.87. The number of thiophene rings is 1. The van der Waals surface area contributed by atoms with E-state index in [4.69, 9.17) is 9.47 Å². The van der Waals surface area contributed by atoms with Crippen LogP contribution in [0.4, 0.5) is 0 Å². The van der Waals surface area contributed by atoms with E-state index in [1.807, 2.05) is 18.1 Å². The van der Waals surface area contributed by atoms with Gasteiger partial charge >= 0.3 is 0 Å². The van der Waals surface area contributed by atoms with Crippen molar-refractivity contribution in [2.24, 2.45) is 0 Å². The second kappa shape index (κ2) is 7.75. The lowest BCUT2D eigenvalue weighted by atomic mass is 9.82. The van der Waals surface area contributed by atoms with Crippen LogP contribution in [0.15, 0.2) is 24.7 Å². The number of ether oxygens (including phenoxy) is 2. The van der Waals surface area contributed by atoms with Crippen LogP contribution in [0, 0.1) is 0 Å². The Morgan fingerprint density at radius 1 is 1.24 bits per heavy atom. The zero-order valence-corrected chi connectivity index (χ0v) is 17.5. The molecule has 1 atom stereocenters. The Morgan fingerprint density at radius 3 is 2.86 bits per heavy atom. The molecule has 2 fully saturated rings. The fourth-order valence-electron chi connectivity index (χ4n) is 4.60. The molecule has 3 aliphatic rings. The number of carbonyl (C=O) groups is 1. The summed E-state index contributed by atoms with van der Waals surface area (Å²) in [4.78, 5) is 28.2. The third kappa shape index (κ3) is 3.59. The van der Waals surface area contributed by atoms with Gasteiger partial charge in [-0.05, 0) is 31.5 Å². The third-order valence-electron chi connectivity index (χ3n) is 6.25. The molecule has 0 saturated carbocycles. The molecule has 1 spiro atoms. The van der Waals surface area contributed by atoms with E-state index in [9.17, 15) is 4.79 Å². The highest BCUT2D eigenvalue weighted by Crippen LogP contribution is 2.46. The number of hydrogen-bond donors (Lipinski definition) is 0. The molecule has 5 rings (SSSR count). The van der Waals surface area contributed by atoms with Crippen molar-refractivity contribution in [2.45, 2.75) is 31.0 Å². The van der Waals surface area contributed by atoms with Gasteiger partial charge in [-0.1, -0.05) is 0 Å². The van der Waals surface area contributed by atoms with E-state index < -0.39 is 0 Å². The average molecular weight is 415 g/mol. The summed E-state index contributed by atoms with van der Waals surface area (Å²) in [6.45, 7) is 4.33. The van der Waals surface area contributed by atoms with Gasteiger partial charge in [-0.25, -0.2) is 0 Å². The Balaban J connectivity index is 1.32.